The minimum atomic E-state index is -3.77. The largest absolute Gasteiger partial charge is 0.497 e. The van der Waals surface area contributed by atoms with Crippen LogP contribution >= 0.6 is 0 Å². The molecule has 180 valence electrons. The van der Waals surface area contributed by atoms with E-state index in [2.05, 4.69) is 40.9 Å². The SMILES string of the molecule is CCN(CC)Cc1ccc(CNC(=O)c2ccc(S(=O)(=O)Nc3ccc(OC)cc3)cc2)cc1. The maximum Gasteiger partial charge on any atom is 0.261 e. The third-order valence-electron chi connectivity index (χ3n) is 5.55. The average molecular weight is 482 g/mol. The van der Waals surface area contributed by atoms with Gasteiger partial charge in [0.15, 0.2) is 0 Å². The van der Waals surface area contributed by atoms with Crippen LogP contribution in [0.15, 0.2) is 77.7 Å². The molecule has 0 fully saturated rings. The number of hydrogen-bond acceptors (Lipinski definition) is 5. The Morgan fingerprint density at radius 3 is 2.00 bits per heavy atom. The fraction of sp³-hybridized carbons (Fsp3) is 0.269. The lowest BCUT2D eigenvalue weighted by Gasteiger charge is -2.18. The van der Waals surface area contributed by atoms with Gasteiger partial charge in [0.2, 0.25) is 0 Å². The van der Waals surface area contributed by atoms with E-state index in [0.29, 0.717) is 23.5 Å². The first-order valence-corrected chi connectivity index (χ1v) is 12.7. The summed E-state index contributed by atoms with van der Waals surface area (Å²) in [4.78, 5) is 14.9. The van der Waals surface area contributed by atoms with Crippen LogP contribution in [0.3, 0.4) is 0 Å². The molecule has 0 aromatic heterocycles. The van der Waals surface area contributed by atoms with Crippen molar-refractivity contribution in [3.8, 4) is 5.75 Å². The molecule has 8 heteroatoms. The topological polar surface area (TPSA) is 87.7 Å². The number of nitrogens with one attached hydrogen (secondary N) is 2. The van der Waals surface area contributed by atoms with Gasteiger partial charge in [0.1, 0.15) is 5.75 Å². The summed E-state index contributed by atoms with van der Waals surface area (Å²) in [5, 5.41) is 2.88. The molecule has 0 bridgehead atoms. The first kappa shape index (κ1) is 25.3. The summed E-state index contributed by atoms with van der Waals surface area (Å²) in [6.07, 6.45) is 0. The molecule has 0 saturated heterocycles. The fourth-order valence-corrected chi connectivity index (χ4v) is 4.47. The van der Waals surface area contributed by atoms with Crippen LogP contribution in [-0.4, -0.2) is 39.4 Å². The van der Waals surface area contributed by atoms with E-state index >= 15 is 0 Å². The Bertz CT molecular complexity index is 1170. The van der Waals surface area contributed by atoms with E-state index in [-0.39, 0.29) is 10.8 Å². The van der Waals surface area contributed by atoms with E-state index in [1.807, 2.05) is 12.1 Å². The van der Waals surface area contributed by atoms with E-state index < -0.39 is 10.0 Å². The van der Waals surface area contributed by atoms with Crippen LogP contribution in [0.4, 0.5) is 5.69 Å². The Morgan fingerprint density at radius 1 is 0.853 bits per heavy atom. The van der Waals surface area contributed by atoms with Gasteiger partial charge in [0.05, 0.1) is 12.0 Å². The van der Waals surface area contributed by atoms with Crippen molar-refractivity contribution in [2.75, 3.05) is 24.9 Å². The van der Waals surface area contributed by atoms with Crippen molar-refractivity contribution in [3.05, 3.63) is 89.5 Å². The molecule has 0 aliphatic rings. The van der Waals surface area contributed by atoms with Crippen molar-refractivity contribution in [2.45, 2.75) is 31.8 Å². The number of ether oxygens (including phenoxy) is 1. The highest BCUT2D eigenvalue weighted by molar-refractivity contribution is 7.92. The number of sulfonamides is 1. The molecule has 0 atom stereocenters. The third-order valence-corrected chi connectivity index (χ3v) is 6.94. The molecular formula is C26H31N3O4S. The van der Waals surface area contributed by atoms with Gasteiger partial charge in [-0.25, -0.2) is 8.42 Å². The van der Waals surface area contributed by atoms with E-state index in [1.54, 1.807) is 31.4 Å². The monoisotopic (exact) mass is 481 g/mol. The zero-order chi connectivity index (χ0) is 24.6. The number of methoxy groups -OCH3 is 1. The van der Waals surface area contributed by atoms with E-state index in [0.717, 1.165) is 25.2 Å². The predicted octanol–water partition coefficient (Wildman–Crippen LogP) is 4.27. The van der Waals surface area contributed by atoms with Gasteiger partial charge in [-0.1, -0.05) is 38.1 Å². The average Bonchev–Trinajstić information content (AvgIpc) is 2.87. The van der Waals surface area contributed by atoms with Gasteiger partial charge in [-0.3, -0.25) is 14.4 Å². The number of benzene rings is 3. The van der Waals surface area contributed by atoms with Crippen molar-refractivity contribution in [3.63, 3.8) is 0 Å². The molecule has 0 aliphatic carbocycles. The minimum absolute atomic E-state index is 0.0728. The summed E-state index contributed by atoms with van der Waals surface area (Å²) < 4.78 is 32.9. The maximum absolute atomic E-state index is 12.6. The lowest BCUT2D eigenvalue weighted by atomic mass is 10.1. The van der Waals surface area contributed by atoms with Crippen LogP contribution in [0.5, 0.6) is 5.75 Å². The highest BCUT2D eigenvalue weighted by Gasteiger charge is 2.15. The summed E-state index contributed by atoms with van der Waals surface area (Å²) in [5.41, 5.74) is 3.05. The van der Waals surface area contributed by atoms with Gasteiger partial charge in [-0.15, -0.1) is 0 Å². The second-order valence-corrected chi connectivity index (χ2v) is 9.50. The van der Waals surface area contributed by atoms with Gasteiger partial charge < -0.3 is 10.1 Å². The molecule has 0 saturated carbocycles. The van der Waals surface area contributed by atoms with Gasteiger partial charge in [0, 0.05) is 24.3 Å². The van der Waals surface area contributed by atoms with E-state index in [4.69, 9.17) is 4.74 Å². The number of amides is 1. The van der Waals surface area contributed by atoms with Gasteiger partial charge in [0.25, 0.3) is 15.9 Å². The highest BCUT2D eigenvalue weighted by Crippen LogP contribution is 2.19. The van der Waals surface area contributed by atoms with E-state index in [9.17, 15) is 13.2 Å². The van der Waals surface area contributed by atoms with Crippen molar-refractivity contribution in [1.82, 2.24) is 10.2 Å². The molecule has 1 amide bonds. The van der Waals surface area contributed by atoms with Crippen molar-refractivity contribution in [2.24, 2.45) is 0 Å². The summed E-state index contributed by atoms with van der Waals surface area (Å²) in [6, 6.07) is 20.6. The van der Waals surface area contributed by atoms with Crippen molar-refractivity contribution >= 4 is 21.6 Å². The summed E-state index contributed by atoms with van der Waals surface area (Å²) in [7, 11) is -2.23. The number of hydrogen-bond donors (Lipinski definition) is 2. The number of carbonyl (C=O) groups is 1. The normalized spacial score (nSPS) is 11.3. The molecule has 0 spiro atoms. The first-order valence-electron chi connectivity index (χ1n) is 11.2. The Labute approximate surface area is 201 Å². The van der Waals surface area contributed by atoms with Gasteiger partial charge in [-0.05, 0) is 72.7 Å². The highest BCUT2D eigenvalue weighted by atomic mass is 32.2. The molecule has 2 N–H and O–H groups in total. The lowest BCUT2D eigenvalue weighted by Crippen LogP contribution is -2.23. The van der Waals surface area contributed by atoms with Gasteiger partial charge in [-0.2, -0.15) is 0 Å². The molecule has 3 aromatic rings. The van der Waals surface area contributed by atoms with Gasteiger partial charge >= 0.3 is 0 Å². The van der Waals surface area contributed by atoms with Crippen LogP contribution in [0.25, 0.3) is 0 Å². The second kappa shape index (κ2) is 11.7. The van der Waals surface area contributed by atoms with Crippen molar-refractivity contribution in [1.29, 1.82) is 0 Å². The first-order chi connectivity index (χ1) is 16.3. The zero-order valence-corrected chi connectivity index (χ0v) is 20.6. The molecular weight excluding hydrogens is 450 g/mol. The zero-order valence-electron chi connectivity index (χ0n) is 19.7. The Morgan fingerprint density at radius 2 is 1.44 bits per heavy atom. The molecule has 3 aromatic carbocycles. The molecule has 7 nitrogen and oxygen atoms in total. The maximum atomic E-state index is 12.6. The van der Waals surface area contributed by atoms with Crippen LogP contribution in [-0.2, 0) is 23.1 Å². The second-order valence-electron chi connectivity index (χ2n) is 7.82. The summed E-state index contributed by atoms with van der Waals surface area (Å²) in [5.74, 6) is 0.369. The standard InChI is InChI=1S/C26H31N3O4S/c1-4-29(5-2)19-21-8-6-20(7-9-21)18-27-26(30)22-10-16-25(17-11-22)34(31,32)28-23-12-14-24(33-3)15-13-23/h6-17,28H,4-5,18-19H2,1-3H3,(H,27,30). The number of rotatable bonds is 11. The van der Waals surface area contributed by atoms with Crippen LogP contribution < -0.4 is 14.8 Å². The minimum Gasteiger partial charge on any atom is -0.497 e. The van der Waals surface area contributed by atoms with Crippen molar-refractivity contribution < 1.29 is 17.9 Å². The summed E-state index contributed by atoms with van der Waals surface area (Å²) in [6.45, 7) is 7.60. The Hall–Kier alpha value is -3.36. The summed E-state index contributed by atoms with van der Waals surface area (Å²) >= 11 is 0. The molecule has 0 heterocycles. The lowest BCUT2D eigenvalue weighted by molar-refractivity contribution is 0.0951. The molecule has 3 rings (SSSR count). The quantitative estimate of drug-likeness (QED) is 0.427. The Kier molecular flexibility index (Phi) is 8.67. The van der Waals surface area contributed by atoms with Crippen LogP contribution in [0, 0.1) is 0 Å². The smallest absolute Gasteiger partial charge is 0.261 e. The third kappa shape index (κ3) is 6.82. The number of carbonyl (C=O) groups excluding carboxylic acids is 1. The Balaban J connectivity index is 1.57. The van der Waals surface area contributed by atoms with E-state index in [1.165, 1.54) is 29.8 Å². The fourth-order valence-electron chi connectivity index (χ4n) is 3.41. The molecule has 0 radical (unpaired) electrons. The predicted molar refractivity (Wildman–Crippen MR) is 134 cm³/mol. The number of nitrogens with zero attached hydrogens (tertiary/aromatic N) is 1. The molecule has 0 aliphatic heterocycles. The molecule has 0 unspecified atom stereocenters. The van der Waals surface area contributed by atoms with Crippen LogP contribution in [0.2, 0.25) is 0 Å². The molecule has 34 heavy (non-hydrogen) atoms. The van der Waals surface area contributed by atoms with Crippen LogP contribution in [0.1, 0.15) is 35.3 Å². The number of anilines is 1.